The number of carbonyl (C=O) groups is 1. The molecule has 94 valence electrons. The lowest BCUT2D eigenvalue weighted by Gasteiger charge is -2.28. The van der Waals surface area contributed by atoms with Gasteiger partial charge in [-0.15, -0.1) is 0 Å². The first-order valence-electron chi connectivity index (χ1n) is 5.50. The summed E-state index contributed by atoms with van der Waals surface area (Å²) in [5, 5.41) is 1.66. The molecule has 0 bridgehead atoms. The summed E-state index contributed by atoms with van der Waals surface area (Å²) in [5.74, 6) is -0.0105. The fourth-order valence-corrected chi connectivity index (χ4v) is 2.09. The van der Waals surface area contributed by atoms with Crippen LogP contribution in [0.15, 0.2) is 22.7 Å². The van der Waals surface area contributed by atoms with Crippen LogP contribution < -0.4 is 5.43 Å². The number of hydrogen-bond acceptors (Lipinski definition) is 2. The number of hydrazine groups is 1. The summed E-state index contributed by atoms with van der Waals surface area (Å²) >= 11 is 3.45. The summed E-state index contributed by atoms with van der Waals surface area (Å²) in [4.78, 5) is 12.2. The normalized spacial score (nSPS) is 11.7. The third-order valence-corrected chi connectivity index (χ3v) is 3.26. The van der Waals surface area contributed by atoms with Gasteiger partial charge in [-0.2, -0.15) is 0 Å². The van der Waals surface area contributed by atoms with Gasteiger partial charge in [0.1, 0.15) is 0 Å². The highest BCUT2D eigenvalue weighted by Gasteiger charge is 2.31. The van der Waals surface area contributed by atoms with E-state index in [4.69, 9.17) is 0 Å². The molecule has 1 rings (SSSR count). The summed E-state index contributed by atoms with van der Waals surface area (Å²) < 4.78 is 0.990. The lowest BCUT2D eigenvalue weighted by molar-refractivity contribution is -0.129. The molecule has 0 aliphatic heterocycles. The van der Waals surface area contributed by atoms with Gasteiger partial charge >= 0.3 is 0 Å². The summed E-state index contributed by atoms with van der Waals surface area (Å²) in [6.45, 7) is 5.88. The van der Waals surface area contributed by atoms with Crippen molar-refractivity contribution in [3.05, 3.63) is 33.8 Å². The fourth-order valence-electron chi connectivity index (χ4n) is 1.73. The molecule has 1 amide bonds. The van der Waals surface area contributed by atoms with Crippen LogP contribution in [0.4, 0.5) is 0 Å². The first-order valence-corrected chi connectivity index (χ1v) is 6.29. The van der Waals surface area contributed by atoms with E-state index in [1.165, 1.54) is 0 Å². The first kappa shape index (κ1) is 14.2. The van der Waals surface area contributed by atoms with Crippen molar-refractivity contribution in [3.8, 4) is 0 Å². The number of nitrogens with one attached hydrogen (secondary N) is 1. The summed E-state index contributed by atoms with van der Waals surface area (Å²) in [6.07, 6.45) is 0. The van der Waals surface area contributed by atoms with E-state index < -0.39 is 5.41 Å². The van der Waals surface area contributed by atoms with Crippen LogP contribution in [-0.2, 0) is 10.2 Å². The van der Waals surface area contributed by atoms with Crippen LogP contribution in [-0.4, -0.2) is 25.0 Å². The molecule has 1 aromatic rings. The number of carbonyl (C=O) groups excluding carboxylic acids is 1. The molecule has 0 saturated heterocycles. The molecule has 0 heterocycles. The maximum absolute atomic E-state index is 12.2. The summed E-state index contributed by atoms with van der Waals surface area (Å²) in [6, 6.07) is 6.01. The molecule has 0 aromatic heterocycles. The Morgan fingerprint density at radius 2 is 1.94 bits per heavy atom. The third kappa shape index (κ3) is 3.30. The third-order valence-electron chi connectivity index (χ3n) is 2.77. The minimum Gasteiger partial charge on any atom is -0.289 e. The van der Waals surface area contributed by atoms with E-state index in [1.54, 1.807) is 5.01 Å². The lowest BCUT2D eigenvalue weighted by Crippen LogP contribution is -2.46. The van der Waals surface area contributed by atoms with Crippen LogP contribution in [0.5, 0.6) is 0 Å². The van der Waals surface area contributed by atoms with Crippen molar-refractivity contribution < 1.29 is 4.79 Å². The zero-order valence-corrected chi connectivity index (χ0v) is 12.6. The minimum absolute atomic E-state index is 0.0105. The van der Waals surface area contributed by atoms with E-state index in [9.17, 15) is 4.79 Å². The number of nitrogens with zero attached hydrogens (tertiary/aromatic N) is 1. The van der Waals surface area contributed by atoms with Gasteiger partial charge in [0.05, 0.1) is 5.41 Å². The molecule has 1 N–H and O–H groups in total. The summed E-state index contributed by atoms with van der Waals surface area (Å²) in [5.41, 5.74) is 4.40. The van der Waals surface area contributed by atoms with Crippen LogP contribution in [0.3, 0.4) is 0 Å². The fraction of sp³-hybridized carbons (Fsp3) is 0.462. The predicted octanol–water partition coefficient (Wildman–Crippen LogP) is 2.63. The second-order valence-electron chi connectivity index (χ2n) is 4.92. The molecule has 0 atom stereocenters. The molecular weight excluding hydrogens is 280 g/mol. The number of amides is 1. The van der Waals surface area contributed by atoms with Gasteiger partial charge in [0.25, 0.3) is 0 Å². The van der Waals surface area contributed by atoms with E-state index >= 15 is 0 Å². The Labute approximate surface area is 111 Å². The largest absolute Gasteiger partial charge is 0.289 e. The average molecular weight is 299 g/mol. The van der Waals surface area contributed by atoms with Gasteiger partial charge in [-0.25, -0.2) is 5.01 Å². The van der Waals surface area contributed by atoms with Crippen molar-refractivity contribution >= 4 is 21.8 Å². The van der Waals surface area contributed by atoms with Crippen molar-refractivity contribution in [2.45, 2.75) is 26.2 Å². The van der Waals surface area contributed by atoms with Crippen LogP contribution in [0, 0.1) is 6.92 Å². The molecular formula is C13H19BrN2O. The number of rotatable bonds is 3. The van der Waals surface area contributed by atoms with E-state index in [0.29, 0.717) is 0 Å². The molecule has 1 aromatic carbocycles. The molecule has 4 heteroatoms. The maximum Gasteiger partial charge on any atom is 0.244 e. The number of benzene rings is 1. The SMILES string of the molecule is Cc1ccc(Br)cc1C(C)(C)C(=O)NN(C)C. The topological polar surface area (TPSA) is 32.3 Å². The second kappa shape index (κ2) is 5.19. The molecule has 0 aliphatic rings. The van der Waals surface area contributed by atoms with Crippen LogP contribution >= 0.6 is 15.9 Å². The zero-order chi connectivity index (χ0) is 13.2. The van der Waals surface area contributed by atoms with Gasteiger partial charge in [-0.05, 0) is 44.0 Å². The Balaban J connectivity index is 3.11. The van der Waals surface area contributed by atoms with E-state index in [2.05, 4.69) is 21.4 Å². The Morgan fingerprint density at radius 1 is 1.35 bits per heavy atom. The molecule has 0 fully saturated rings. The highest BCUT2D eigenvalue weighted by atomic mass is 79.9. The Bertz CT molecular complexity index is 427. The van der Waals surface area contributed by atoms with Gasteiger partial charge in [0.2, 0.25) is 5.91 Å². The van der Waals surface area contributed by atoms with Gasteiger partial charge < -0.3 is 0 Å². The monoisotopic (exact) mass is 298 g/mol. The average Bonchev–Trinajstić information content (AvgIpc) is 2.20. The smallest absolute Gasteiger partial charge is 0.244 e. The van der Waals surface area contributed by atoms with Gasteiger partial charge in [-0.3, -0.25) is 10.2 Å². The van der Waals surface area contributed by atoms with Crippen LogP contribution in [0.1, 0.15) is 25.0 Å². The highest BCUT2D eigenvalue weighted by Crippen LogP contribution is 2.29. The van der Waals surface area contributed by atoms with E-state index in [0.717, 1.165) is 15.6 Å². The number of aryl methyl sites for hydroxylation is 1. The van der Waals surface area contributed by atoms with Crippen molar-refractivity contribution in [2.75, 3.05) is 14.1 Å². The highest BCUT2D eigenvalue weighted by molar-refractivity contribution is 9.10. The van der Waals surface area contributed by atoms with E-state index in [1.807, 2.05) is 53.1 Å². The Morgan fingerprint density at radius 3 is 2.47 bits per heavy atom. The Kier molecular flexibility index (Phi) is 4.33. The molecule has 0 saturated carbocycles. The van der Waals surface area contributed by atoms with Gasteiger partial charge in [-0.1, -0.05) is 22.0 Å². The maximum atomic E-state index is 12.2. The van der Waals surface area contributed by atoms with Gasteiger partial charge in [0, 0.05) is 18.6 Å². The molecule has 0 radical (unpaired) electrons. The lowest BCUT2D eigenvalue weighted by atomic mass is 9.81. The van der Waals surface area contributed by atoms with Gasteiger partial charge in [0.15, 0.2) is 0 Å². The van der Waals surface area contributed by atoms with Crippen LogP contribution in [0.25, 0.3) is 0 Å². The quantitative estimate of drug-likeness (QED) is 0.870. The molecule has 3 nitrogen and oxygen atoms in total. The van der Waals surface area contributed by atoms with E-state index in [-0.39, 0.29) is 5.91 Å². The first-order chi connectivity index (χ1) is 7.75. The molecule has 0 spiro atoms. The molecule has 0 aliphatic carbocycles. The second-order valence-corrected chi connectivity index (χ2v) is 5.84. The van der Waals surface area contributed by atoms with Crippen LogP contribution in [0.2, 0.25) is 0 Å². The van der Waals surface area contributed by atoms with Crippen molar-refractivity contribution in [1.29, 1.82) is 0 Å². The minimum atomic E-state index is -0.557. The van der Waals surface area contributed by atoms with Crippen molar-refractivity contribution in [1.82, 2.24) is 10.4 Å². The standard InChI is InChI=1S/C13H19BrN2O/c1-9-6-7-10(14)8-11(9)13(2,3)12(17)15-16(4)5/h6-8H,1-5H3,(H,15,17). The number of hydrogen-bond donors (Lipinski definition) is 1. The zero-order valence-electron chi connectivity index (χ0n) is 11.0. The molecule has 0 unspecified atom stereocenters. The van der Waals surface area contributed by atoms with Crippen molar-refractivity contribution in [2.24, 2.45) is 0 Å². The summed E-state index contributed by atoms with van der Waals surface area (Å²) in [7, 11) is 3.61. The Hall–Kier alpha value is -0.870. The van der Waals surface area contributed by atoms with Crippen molar-refractivity contribution in [3.63, 3.8) is 0 Å². The predicted molar refractivity (Wildman–Crippen MR) is 73.7 cm³/mol. The number of halogens is 1. The molecule has 17 heavy (non-hydrogen) atoms.